The molecule has 0 atom stereocenters. The van der Waals surface area contributed by atoms with Gasteiger partial charge >= 0.3 is 5.97 Å². The Bertz CT molecular complexity index is 449. The predicted octanol–water partition coefficient (Wildman–Crippen LogP) is 1.76. The summed E-state index contributed by atoms with van der Waals surface area (Å²) < 4.78 is 4.56. The monoisotopic (exact) mass is 270 g/mol. The highest BCUT2D eigenvalue weighted by molar-refractivity contribution is 6.29. The molecular weight excluding hydrogens is 256 g/mol. The van der Waals surface area contributed by atoms with E-state index in [4.69, 9.17) is 11.6 Å². The molecule has 0 bridgehead atoms. The van der Waals surface area contributed by atoms with Crippen LogP contribution in [0.5, 0.6) is 0 Å². The van der Waals surface area contributed by atoms with Gasteiger partial charge in [0, 0.05) is 6.04 Å². The van der Waals surface area contributed by atoms with Crippen molar-refractivity contribution in [2.75, 3.05) is 13.7 Å². The van der Waals surface area contributed by atoms with Crippen LogP contribution in [0.1, 0.15) is 24.3 Å². The predicted molar refractivity (Wildman–Crippen MR) is 67.4 cm³/mol. The lowest BCUT2D eigenvalue weighted by Gasteiger charge is -2.25. The minimum Gasteiger partial charge on any atom is -0.468 e. The SMILES string of the molecule is COC(=O)CN(C(=O)c1cccc(Cl)n1)C(C)C. The Labute approximate surface area is 111 Å². The maximum Gasteiger partial charge on any atom is 0.325 e. The van der Waals surface area contributed by atoms with Gasteiger partial charge in [0.25, 0.3) is 5.91 Å². The Morgan fingerprint density at radius 2 is 2.11 bits per heavy atom. The molecule has 0 fully saturated rings. The number of halogens is 1. The number of aromatic nitrogens is 1. The summed E-state index contributed by atoms with van der Waals surface area (Å²) in [7, 11) is 1.28. The van der Waals surface area contributed by atoms with E-state index in [2.05, 4.69) is 9.72 Å². The van der Waals surface area contributed by atoms with Crippen molar-refractivity contribution in [2.45, 2.75) is 19.9 Å². The van der Waals surface area contributed by atoms with Crippen molar-refractivity contribution >= 4 is 23.5 Å². The lowest BCUT2D eigenvalue weighted by Crippen LogP contribution is -2.41. The van der Waals surface area contributed by atoms with Gasteiger partial charge in [-0.2, -0.15) is 0 Å². The Morgan fingerprint density at radius 3 is 2.61 bits per heavy atom. The van der Waals surface area contributed by atoms with Crippen LogP contribution in [-0.4, -0.2) is 41.5 Å². The summed E-state index contributed by atoms with van der Waals surface area (Å²) in [5, 5.41) is 0.239. The molecule has 0 radical (unpaired) electrons. The molecule has 1 heterocycles. The highest BCUT2D eigenvalue weighted by atomic mass is 35.5. The van der Waals surface area contributed by atoms with Crippen LogP contribution in [0.4, 0.5) is 0 Å². The average molecular weight is 271 g/mol. The number of methoxy groups -OCH3 is 1. The quantitative estimate of drug-likeness (QED) is 0.618. The van der Waals surface area contributed by atoms with Gasteiger partial charge in [0.05, 0.1) is 7.11 Å². The minimum atomic E-state index is -0.473. The number of carbonyl (C=O) groups excluding carboxylic acids is 2. The number of hydrogen-bond acceptors (Lipinski definition) is 4. The van der Waals surface area contributed by atoms with E-state index in [1.165, 1.54) is 12.0 Å². The summed E-state index contributed by atoms with van der Waals surface area (Å²) in [6, 6.07) is 4.63. The Balaban J connectivity index is 2.93. The summed E-state index contributed by atoms with van der Waals surface area (Å²) >= 11 is 5.73. The molecule has 98 valence electrons. The average Bonchev–Trinajstić information content (AvgIpc) is 2.34. The summed E-state index contributed by atoms with van der Waals surface area (Å²) in [4.78, 5) is 28.8. The minimum absolute atomic E-state index is 0.110. The second kappa shape index (κ2) is 6.35. The van der Waals surface area contributed by atoms with E-state index in [0.29, 0.717) is 0 Å². The number of amides is 1. The molecule has 1 aromatic rings. The molecule has 0 spiro atoms. The van der Waals surface area contributed by atoms with Crippen molar-refractivity contribution in [3.05, 3.63) is 29.0 Å². The molecule has 0 N–H and O–H groups in total. The lowest BCUT2D eigenvalue weighted by molar-refractivity contribution is -0.141. The molecule has 6 heteroatoms. The highest BCUT2D eigenvalue weighted by Crippen LogP contribution is 2.10. The third-order valence-corrected chi connectivity index (χ3v) is 2.56. The molecule has 1 rings (SSSR count). The van der Waals surface area contributed by atoms with Gasteiger partial charge in [-0.05, 0) is 26.0 Å². The zero-order valence-corrected chi connectivity index (χ0v) is 11.3. The zero-order chi connectivity index (χ0) is 13.7. The van der Waals surface area contributed by atoms with Crippen LogP contribution in [0.2, 0.25) is 5.15 Å². The number of esters is 1. The molecule has 0 aliphatic carbocycles. The molecule has 0 aromatic carbocycles. The summed E-state index contributed by atoms with van der Waals surface area (Å²) in [6.45, 7) is 3.51. The van der Waals surface area contributed by atoms with Crippen molar-refractivity contribution in [1.29, 1.82) is 0 Å². The molecule has 0 saturated carbocycles. The standard InChI is InChI=1S/C12H15ClN2O3/c1-8(2)15(7-11(16)18-3)12(17)9-5-4-6-10(13)14-9/h4-6,8H,7H2,1-3H3. The van der Waals surface area contributed by atoms with Crippen molar-refractivity contribution in [3.8, 4) is 0 Å². The van der Waals surface area contributed by atoms with E-state index in [-0.39, 0.29) is 29.3 Å². The normalized spacial score (nSPS) is 10.3. The third-order valence-electron chi connectivity index (χ3n) is 2.35. The van der Waals surface area contributed by atoms with Crippen LogP contribution >= 0.6 is 11.6 Å². The molecule has 5 nitrogen and oxygen atoms in total. The number of ether oxygens (including phenoxy) is 1. The van der Waals surface area contributed by atoms with Crippen molar-refractivity contribution in [3.63, 3.8) is 0 Å². The highest BCUT2D eigenvalue weighted by Gasteiger charge is 2.22. The number of hydrogen-bond donors (Lipinski definition) is 0. The van der Waals surface area contributed by atoms with Gasteiger partial charge in [-0.1, -0.05) is 17.7 Å². The van der Waals surface area contributed by atoms with E-state index in [1.807, 2.05) is 13.8 Å². The molecule has 1 aromatic heterocycles. The molecule has 0 aliphatic heterocycles. The molecule has 0 saturated heterocycles. The first-order valence-electron chi connectivity index (χ1n) is 5.46. The van der Waals surface area contributed by atoms with Crippen molar-refractivity contribution in [1.82, 2.24) is 9.88 Å². The largest absolute Gasteiger partial charge is 0.468 e. The maximum absolute atomic E-state index is 12.2. The summed E-state index contributed by atoms with van der Waals surface area (Å²) in [6.07, 6.45) is 0. The summed E-state index contributed by atoms with van der Waals surface area (Å²) in [5.41, 5.74) is 0.208. The number of rotatable bonds is 4. The van der Waals surface area contributed by atoms with Crippen molar-refractivity contribution < 1.29 is 14.3 Å². The lowest BCUT2D eigenvalue weighted by atomic mass is 10.2. The maximum atomic E-state index is 12.2. The van der Waals surface area contributed by atoms with Gasteiger partial charge in [-0.3, -0.25) is 9.59 Å². The van der Waals surface area contributed by atoms with Gasteiger partial charge < -0.3 is 9.64 Å². The summed E-state index contributed by atoms with van der Waals surface area (Å²) in [5.74, 6) is -0.822. The first-order valence-corrected chi connectivity index (χ1v) is 5.84. The third kappa shape index (κ3) is 3.70. The van der Waals surface area contributed by atoms with Gasteiger partial charge in [-0.25, -0.2) is 4.98 Å². The first kappa shape index (κ1) is 14.4. The van der Waals surface area contributed by atoms with Crippen LogP contribution in [0.15, 0.2) is 18.2 Å². The van der Waals surface area contributed by atoms with Crippen LogP contribution in [0.3, 0.4) is 0 Å². The topological polar surface area (TPSA) is 59.5 Å². The Morgan fingerprint density at radius 1 is 1.44 bits per heavy atom. The Hall–Kier alpha value is -1.62. The van der Waals surface area contributed by atoms with Crippen molar-refractivity contribution in [2.24, 2.45) is 0 Å². The molecule has 0 unspecified atom stereocenters. The molecule has 18 heavy (non-hydrogen) atoms. The van der Waals surface area contributed by atoms with E-state index in [9.17, 15) is 9.59 Å². The second-order valence-corrected chi connectivity index (χ2v) is 4.34. The number of carbonyl (C=O) groups is 2. The van der Waals surface area contributed by atoms with E-state index < -0.39 is 5.97 Å². The van der Waals surface area contributed by atoms with E-state index >= 15 is 0 Å². The first-order chi connectivity index (χ1) is 8.45. The van der Waals surface area contributed by atoms with Crippen LogP contribution in [-0.2, 0) is 9.53 Å². The zero-order valence-electron chi connectivity index (χ0n) is 10.5. The van der Waals surface area contributed by atoms with E-state index in [0.717, 1.165) is 0 Å². The molecule has 0 aliphatic rings. The van der Waals surface area contributed by atoms with Crippen LogP contribution in [0.25, 0.3) is 0 Å². The fraction of sp³-hybridized carbons (Fsp3) is 0.417. The van der Waals surface area contributed by atoms with Gasteiger partial charge in [0.1, 0.15) is 17.4 Å². The van der Waals surface area contributed by atoms with Gasteiger partial charge in [0.15, 0.2) is 0 Å². The smallest absolute Gasteiger partial charge is 0.325 e. The fourth-order valence-electron chi connectivity index (χ4n) is 1.37. The van der Waals surface area contributed by atoms with Gasteiger partial charge in [0.2, 0.25) is 0 Å². The molecule has 1 amide bonds. The van der Waals surface area contributed by atoms with Gasteiger partial charge in [-0.15, -0.1) is 0 Å². The van der Waals surface area contributed by atoms with Crippen LogP contribution in [0, 0.1) is 0 Å². The van der Waals surface area contributed by atoms with E-state index in [1.54, 1.807) is 18.2 Å². The van der Waals surface area contributed by atoms with Crippen LogP contribution < -0.4 is 0 Å². The Kier molecular flexibility index (Phi) is 5.09. The number of pyridine rings is 1. The number of nitrogens with zero attached hydrogens (tertiary/aromatic N) is 2. The fourth-order valence-corrected chi connectivity index (χ4v) is 1.53. The molecular formula is C12H15ClN2O3. The second-order valence-electron chi connectivity index (χ2n) is 3.95.